The lowest BCUT2D eigenvalue weighted by Crippen LogP contribution is -2.15. The van der Waals surface area contributed by atoms with E-state index in [1.165, 1.54) is 0 Å². The Labute approximate surface area is 98.8 Å². The van der Waals surface area contributed by atoms with Crippen molar-refractivity contribution in [1.29, 1.82) is 0 Å². The summed E-state index contributed by atoms with van der Waals surface area (Å²) in [4.78, 5) is 15.8. The van der Waals surface area contributed by atoms with E-state index >= 15 is 0 Å². The van der Waals surface area contributed by atoms with E-state index in [0.717, 1.165) is 11.3 Å². The zero-order valence-corrected chi connectivity index (χ0v) is 9.73. The maximum Gasteiger partial charge on any atom is 0.230 e. The number of hydrogen-bond donors (Lipinski definition) is 1. The van der Waals surface area contributed by atoms with Crippen LogP contribution in [-0.2, 0) is 11.2 Å². The van der Waals surface area contributed by atoms with Gasteiger partial charge in [-0.15, -0.1) is 0 Å². The summed E-state index contributed by atoms with van der Waals surface area (Å²) in [7, 11) is 0. The van der Waals surface area contributed by atoms with Crippen molar-refractivity contribution in [3.63, 3.8) is 0 Å². The first-order valence-electron chi connectivity index (χ1n) is 5.29. The van der Waals surface area contributed by atoms with Crippen LogP contribution in [0.4, 0.5) is 5.82 Å². The molecule has 2 aromatic heterocycles. The molecule has 88 valence electrons. The minimum absolute atomic E-state index is 0.127. The van der Waals surface area contributed by atoms with Crippen molar-refractivity contribution in [3.8, 4) is 0 Å². The lowest BCUT2D eigenvalue weighted by Gasteiger charge is -2.03. The van der Waals surface area contributed by atoms with Gasteiger partial charge in [0.1, 0.15) is 11.6 Å². The van der Waals surface area contributed by atoms with Crippen LogP contribution in [-0.4, -0.2) is 16.0 Å². The highest BCUT2D eigenvalue weighted by Gasteiger charge is 2.13. The van der Waals surface area contributed by atoms with Crippen molar-refractivity contribution >= 4 is 11.7 Å². The summed E-state index contributed by atoms with van der Waals surface area (Å²) in [6.45, 7) is 3.61. The summed E-state index contributed by atoms with van der Waals surface area (Å²) in [5, 5.41) is 6.52. The van der Waals surface area contributed by atoms with Crippen LogP contribution in [0.1, 0.15) is 17.0 Å². The number of nitrogens with zero attached hydrogens (tertiary/aromatic N) is 2. The molecule has 1 amide bonds. The number of rotatable bonds is 3. The number of nitrogens with one attached hydrogen (secondary N) is 1. The highest BCUT2D eigenvalue weighted by atomic mass is 16.5. The zero-order chi connectivity index (χ0) is 12.3. The van der Waals surface area contributed by atoms with Gasteiger partial charge in [-0.2, -0.15) is 0 Å². The smallest absolute Gasteiger partial charge is 0.230 e. The van der Waals surface area contributed by atoms with Gasteiger partial charge in [0, 0.05) is 11.8 Å². The molecule has 0 bridgehead atoms. The number of carbonyl (C=O) groups excluding carboxylic acids is 1. The molecule has 0 unspecified atom stereocenters. The first kappa shape index (κ1) is 11.3. The van der Waals surface area contributed by atoms with E-state index in [0.29, 0.717) is 11.6 Å². The fourth-order valence-electron chi connectivity index (χ4n) is 1.54. The van der Waals surface area contributed by atoms with Crippen LogP contribution in [0, 0.1) is 13.8 Å². The molecule has 2 rings (SSSR count). The number of aromatic nitrogens is 2. The summed E-state index contributed by atoms with van der Waals surface area (Å²) in [6, 6.07) is 5.35. The Bertz CT molecular complexity index is 500. The molecule has 0 aliphatic rings. The van der Waals surface area contributed by atoms with Crippen molar-refractivity contribution in [1.82, 2.24) is 10.1 Å². The van der Waals surface area contributed by atoms with Crippen LogP contribution in [0.3, 0.4) is 0 Å². The SMILES string of the molecule is Cc1noc(C)c1CC(=O)Nc1ccccn1. The fraction of sp³-hybridized carbons (Fsp3) is 0.250. The molecule has 2 heterocycles. The van der Waals surface area contributed by atoms with Crippen LogP contribution in [0.25, 0.3) is 0 Å². The van der Waals surface area contributed by atoms with Gasteiger partial charge in [0.2, 0.25) is 5.91 Å². The third-order valence-electron chi connectivity index (χ3n) is 2.45. The monoisotopic (exact) mass is 231 g/mol. The second-order valence-corrected chi connectivity index (χ2v) is 3.74. The van der Waals surface area contributed by atoms with Crippen molar-refractivity contribution in [2.45, 2.75) is 20.3 Å². The molecule has 5 nitrogen and oxygen atoms in total. The predicted octanol–water partition coefficient (Wildman–Crippen LogP) is 1.87. The normalized spacial score (nSPS) is 10.2. The molecule has 0 atom stereocenters. The van der Waals surface area contributed by atoms with Crippen LogP contribution >= 0.6 is 0 Å². The van der Waals surface area contributed by atoms with Gasteiger partial charge in [-0.1, -0.05) is 11.2 Å². The highest BCUT2D eigenvalue weighted by molar-refractivity contribution is 5.91. The fourth-order valence-corrected chi connectivity index (χ4v) is 1.54. The van der Waals surface area contributed by atoms with E-state index in [9.17, 15) is 4.79 Å². The van der Waals surface area contributed by atoms with Gasteiger partial charge in [-0.3, -0.25) is 4.79 Å². The largest absolute Gasteiger partial charge is 0.361 e. The molecule has 0 aliphatic carbocycles. The lowest BCUT2D eigenvalue weighted by atomic mass is 10.1. The summed E-state index contributed by atoms with van der Waals surface area (Å²) in [5.74, 6) is 1.10. The van der Waals surface area contributed by atoms with E-state index in [-0.39, 0.29) is 12.3 Å². The van der Waals surface area contributed by atoms with Crippen molar-refractivity contribution < 1.29 is 9.32 Å². The second kappa shape index (κ2) is 4.78. The molecule has 17 heavy (non-hydrogen) atoms. The number of hydrogen-bond acceptors (Lipinski definition) is 4. The molecule has 0 saturated carbocycles. The van der Waals surface area contributed by atoms with E-state index < -0.39 is 0 Å². The first-order chi connectivity index (χ1) is 8.16. The third kappa shape index (κ3) is 2.69. The summed E-state index contributed by atoms with van der Waals surface area (Å²) in [6.07, 6.45) is 1.88. The number of carbonyl (C=O) groups is 1. The van der Waals surface area contributed by atoms with Crippen LogP contribution in [0.5, 0.6) is 0 Å². The van der Waals surface area contributed by atoms with Crippen LogP contribution in [0.2, 0.25) is 0 Å². The van der Waals surface area contributed by atoms with E-state index in [4.69, 9.17) is 4.52 Å². The van der Waals surface area contributed by atoms with Crippen molar-refractivity contribution in [3.05, 3.63) is 41.4 Å². The maximum absolute atomic E-state index is 11.8. The number of anilines is 1. The van der Waals surface area contributed by atoms with Gasteiger partial charge in [0.05, 0.1) is 12.1 Å². The van der Waals surface area contributed by atoms with Crippen LogP contribution < -0.4 is 5.32 Å². The van der Waals surface area contributed by atoms with Gasteiger partial charge in [0.25, 0.3) is 0 Å². The Morgan fingerprint density at radius 1 is 1.41 bits per heavy atom. The Balaban J connectivity index is 2.03. The summed E-state index contributed by atoms with van der Waals surface area (Å²) < 4.78 is 5.00. The van der Waals surface area contributed by atoms with Gasteiger partial charge in [-0.25, -0.2) is 4.98 Å². The quantitative estimate of drug-likeness (QED) is 0.875. The molecule has 2 aromatic rings. The van der Waals surface area contributed by atoms with E-state index in [2.05, 4.69) is 15.5 Å². The molecular formula is C12H13N3O2. The Morgan fingerprint density at radius 3 is 2.82 bits per heavy atom. The first-order valence-corrected chi connectivity index (χ1v) is 5.29. The third-order valence-corrected chi connectivity index (χ3v) is 2.45. The van der Waals surface area contributed by atoms with Gasteiger partial charge < -0.3 is 9.84 Å². The molecule has 0 radical (unpaired) electrons. The Morgan fingerprint density at radius 2 is 2.24 bits per heavy atom. The number of aryl methyl sites for hydroxylation is 2. The minimum Gasteiger partial charge on any atom is -0.361 e. The number of pyridine rings is 1. The van der Waals surface area contributed by atoms with Crippen LogP contribution in [0.15, 0.2) is 28.9 Å². The van der Waals surface area contributed by atoms with E-state index in [1.54, 1.807) is 25.3 Å². The summed E-state index contributed by atoms with van der Waals surface area (Å²) in [5.41, 5.74) is 1.58. The Kier molecular flexibility index (Phi) is 3.18. The number of amides is 1. The maximum atomic E-state index is 11.8. The van der Waals surface area contributed by atoms with E-state index in [1.807, 2.05) is 13.0 Å². The molecule has 0 spiro atoms. The predicted molar refractivity (Wildman–Crippen MR) is 62.5 cm³/mol. The molecular weight excluding hydrogens is 218 g/mol. The molecule has 0 fully saturated rings. The molecule has 1 N–H and O–H groups in total. The average Bonchev–Trinajstić information content (AvgIpc) is 2.62. The average molecular weight is 231 g/mol. The van der Waals surface area contributed by atoms with Gasteiger partial charge >= 0.3 is 0 Å². The second-order valence-electron chi connectivity index (χ2n) is 3.74. The molecule has 0 aliphatic heterocycles. The van der Waals surface area contributed by atoms with Gasteiger partial charge in [0.15, 0.2) is 0 Å². The summed E-state index contributed by atoms with van der Waals surface area (Å²) >= 11 is 0. The van der Waals surface area contributed by atoms with Crippen molar-refractivity contribution in [2.75, 3.05) is 5.32 Å². The minimum atomic E-state index is -0.127. The lowest BCUT2D eigenvalue weighted by molar-refractivity contribution is -0.115. The van der Waals surface area contributed by atoms with Gasteiger partial charge in [-0.05, 0) is 26.0 Å². The topological polar surface area (TPSA) is 68.0 Å². The molecule has 5 heteroatoms. The molecule has 0 saturated heterocycles. The zero-order valence-electron chi connectivity index (χ0n) is 9.73. The van der Waals surface area contributed by atoms with Crippen molar-refractivity contribution in [2.24, 2.45) is 0 Å². The Hall–Kier alpha value is -2.17. The highest BCUT2D eigenvalue weighted by Crippen LogP contribution is 2.13. The molecule has 0 aromatic carbocycles. The standard InChI is InChI=1S/C12H13N3O2/c1-8-10(9(2)17-15-8)7-12(16)14-11-5-3-4-6-13-11/h3-6H,7H2,1-2H3,(H,13,14,16).